The highest BCUT2D eigenvalue weighted by atomic mass is 14.5. The second-order valence-electron chi connectivity index (χ2n) is 3.86. The normalized spacial score (nSPS) is 10.8. The van der Waals surface area contributed by atoms with Crippen molar-refractivity contribution in [3.8, 4) is 0 Å². The zero-order valence-corrected chi connectivity index (χ0v) is 9.35. The number of hydrogen-bond acceptors (Lipinski definition) is 1. The minimum atomic E-state index is 0.799. The fourth-order valence-corrected chi connectivity index (χ4v) is 1.57. The summed E-state index contributed by atoms with van der Waals surface area (Å²) < 4.78 is 0. The Hall–Kier alpha value is -2.02. The highest BCUT2D eigenvalue weighted by Crippen LogP contribution is 2.13. The van der Waals surface area contributed by atoms with E-state index in [1.165, 1.54) is 11.1 Å². The average Bonchev–Trinajstić information content (AvgIpc) is 2.30. The van der Waals surface area contributed by atoms with Crippen LogP contribution in [0.5, 0.6) is 0 Å². The number of anilines is 1. The summed E-state index contributed by atoms with van der Waals surface area (Å²) in [5.74, 6) is 0. The van der Waals surface area contributed by atoms with E-state index in [4.69, 9.17) is 5.73 Å². The number of hydrogen-bond donors (Lipinski definition) is 1. The van der Waals surface area contributed by atoms with Gasteiger partial charge in [0, 0.05) is 5.69 Å². The zero-order chi connectivity index (χ0) is 11.4. The highest BCUT2D eigenvalue weighted by Gasteiger charge is 1.91. The van der Waals surface area contributed by atoms with Crippen molar-refractivity contribution in [2.24, 2.45) is 0 Å². The number of benzene rings is 2. The van der Waals surface area contributed by atoms with Crippen LogP contribution in [0.1, 0.15) is 16.7 Å². The van der Waals surface area contributed by atoms with E-state index < -0.39 is 0 Å². The van der Waals surface area contributed by atoms with Gasteiger partial charge in [0.2, 0.25) is 0 Å². The van der Waals surface area contributed by atoms with E-state index in [0.29, 0.717) is 0 Å². The minimum absolute atomic E-state index is 0.799. The molecule has 2 rings (SSSR count). The van der Waals surface area contributed by atoms with Crippen LogP contribution in [0.3, 0.4) is 0 Å². The van der Waals surface area contributed by atoms with Crippen LogP contribution in [-0.4, -0.2) is 0 Å². The van der Waals surface area contributed by atoms with Gasteiger partial charge < -0.3 is 5.73 Å². The Morgan fingerprint density at radius 2 is 1.56 bits per heavy atom. The lowest BCUT2D eigenvalue weighted by Crippen LogP contribution is -1.83. The van der Waals surface area contributed by atoms with Crippen molar-refractivity contribution in [2.45, 2.75) is 6.92 Å². The van der Waals surface area contributed by atoms with E-state index >= 15 is 0 Å². The Kier molecular flexibility index (Phi) is 3.06. The van der Waals surface area contributed by atoms with Gasteiger partial charge in [0.15, 0.2) is 0 Å². The van der Waals surface area contributed by atoms with E-state index in [2.05, 4.69) is 43.3 Å². The molecular formula is C15H15N. The molecule has 0 aliphatic carbocycles. The zero-order valence-electron chi connectivity index (χ0n) is 9.35. The molecule has 0 spiro atoms. The van der Waals surface area contributed by atoms with Gasteiger partial charge in [0.05, 0.1) is 0 Å². The molecule has 0 aromatic heterocycles. The lowest BCUT2D eigenvalue weighted by molar-refractivity contribution is 1.45. The maximum atomic E-state index is 5.63. The standard InChI is InChI=1S/C15H15N/c1-12-4-2-3-5-14(12)9-6-13-7-10-15(16)11-8-13/h2-11H,16H2,1H3/b9-6+. The molecular weight excluding hydrogens is 194 g/mol. The SMILES string of the molecule is Cc1ccccc1/C=C/c1ccc(N)cc1. The third kappa shape index (κ3) is 2.51. The molecule has 2 aromatic rings. The van der Waals surface area contributed by atoms with E-state index in [1.54, 1.807) is 0 Å². The second kappa shape index (κ2) is 4.67. The lowest BCUT2D eigenvalue weighted by atomic mass is 10.1. The summed E-state index contributed by atoms with van der Waals surface area (Å²) in [5, 5.41) is 0. The molecule has 1 nitrogen and oxygen atoms in total. The molecule has 0 saturated heterocycles. The van der Waals surface area contributed by atoms with Gasteiger partial charge in [0.1, 0.15) is 0 Å². The highest BCUT2D eigenvalue weighted by molar-refractivity contribution is 5.71. The van der Waals surface area contributed by atoms with Gasteiger partial charge in [-0.15, -0.1) is 0 Å². The van der Waals surface area contributed by atoms with Crippen molar-refractivity contribution in [3.05, 3.63) is 65.2 Å². The smallest absolute Gasteiger partial charge is 0.0314 e. The van der Waals surface area contributed by atoms with Gasteiger partial charge in [-0.25, -0.2) is 0 Å². The van der Waals surface area contributed by atoms with Gasteiger partial charge in [-0.2, -0.15) is 0 Å². The summed E-state index contributed by atoms with van der Waals surface area (Å²) in [6, 6.07) is 16.2. The van der Waals surface area contributed by atoms with Crippen LogP contribution in [0.25, 0.3) is 12.2 Å². The van der Waals surface area contributed by atoms with Crippen molar-refractivity contribution < 1.29 is 0 Å². The van der Waals surface area contributed by atoms with Crippen molar-refractivity contribution >= 4 is 17.8 Å². The van der Waals surface area contributed by atoms with Gasteiger partial charge in [-0.1, -0.05) is 48.6 Å². The molecule has 2 aromatic carbocycles. The summed E-state index contributed by atoms with van der Waals surface area (Å²) in [4.78, 5) is 0. The Labute approximate surface area is 96.2 Å². The topological polar surface area (TPSA) is 26.0 Å². The van der Waals surface area contributed by atoms with Crippen LogP contribution in [0, 0.1) is 6.92 Å². The van der Waals surface area contributed by atoms with E-state index in [1.807, 2.05) is 24.3 Å². The average molecular weight is 209 g/mol. The fraction of sp³-hybridized carbons (Fsp3) is 0.0667. The summed E-state index contributed by atoms with van der Waals surface area (Å²) in [6.07, 6.45) is 4.22. The Bertz CT molecular complexity index is 495. The summed E-state index contributed by atoms with van der Waals surface area (Å²) in [7, 11) is 0. The first-order chi connectivity index (χ1) is 7.75. The Morgan fingerprint density at radius 3 is 2.25 bits per heavy atom. The van der Waals surface area contributed by atoms with E-state index in [9.17, 15) is 0 Å². The fourth-order valence-electron chi connectivity index (χ4n) is 1.57. The summed E-state index contributed by atoms with van der Waals surface area (Å²) in [6.45, 7) is 2.11. The van der Waals surface area contributed by atoms with Crippen LogP contribution in [-0.2, 0) is 0 Å². The first-order valence-electron chi connectivity index (χ1n) is 5.35. The Morgan fingerprint density at radius 1 is 0.875 bits per heavy atom. The third-order valence-electron chi connectivity index (χ3n) is 2.58. The summed E-state index contributed by atoms with van der Waals surface area (Å²) in [5.41, 5.74) is 10.1. The predicted octanol–water partition coefficient (Wildman–Crippen LogP) is 3.75. The molecule has 0 saturated carbocycles. The number of nitrogens with two attached hydrogens (primary N) is 1. The molecule has 0 radical (unpaired) electrons. The maximum Gasteiger partial charge on any atom is 0.0314 e. The number of nitrogen functional groups attached to an aromatic ring is 1. The van der Waals surface area contributed by atoms with Crippen LogP contribution >= 0.6 is 0 Å². The largest absolute Gasteiger partial charge is 0.399 e. The monoisotopic (exact) mass is 209 g/mol. The summed E-state index contributed by atoms with van der Waals surface area (Å²) >= 11 is 0. The number of aryl methyl sites for hydroxylation is 1. The Balaban J connectivity index is 2.21. The predicted molar refractivity (Wildman–Crippen MR) is 71.0 cm³/mol. The van der Waals surface area contributed by atoms with Gasteiger partial charge in [-0.3, -0.25) is 0 Å². The molecule has 16 heavy (non-hydrogen) atoms. The van der Waals surface area contributed by atoms with Gasteiger partial charge in [-0.05, 0) is 35.7 Å². The molecule has 0 bridgehead atoms. The molecule has 0 aliphatic heterocycles. The van der Waals surface area contributed by atoms with Gasteiger partial charge in [0.25, 0.3) is 0 Å². The minimum Gasteiger partial charge on any atom is -0.399 e. The first kappa shape index (κ1) is 10.5. The van der Waals surface area contributed by atoms with Crippen molar-refractivity contribution in [1.82, 2.24) is 0 Å². The third-order valence-corrected chi connectivity index (χ3v) is 2.58. The first-order valence-corrected chi connectivity index (χ1v) is 5.35. The molecule has 0 unspecified atom stereocenters. The van der Waals surface area contributed by atoms with Crippen molar-refractivity contribution in [1.29, 1.82) is 0 Å². The van der Waals surface area contributed by atoms with Crippen LogP contribution in [0.15, 0.2) is 48.5 Å². The molecule has 1 heteroatoms. The quantitative estimate of drug-likeness (QED) is 0.591. The number of rotatable bonds is 2. The lowest BCUT2D eigenvalue weighted by Gasteiger charge is -1.99. The molecule has 0 atom stereocenters. The molecule has 2 N–H and O–H groups in total. The molecule has 80 valence electrons. The second-order valence-corrected chi connectivity index (χ2v) is 3.86. The molecule has 0 aliphatic rings. The molecule has 0 heterocycles. The van der Waals surface area contributed by atoms with Crippen molar-refractivity contribution in [3.63, 3.8) is 0 Å². The molecule has 0 fully saturated rings. The van der Waals surface area contributed by atoms with Crippen LogP contribution in [0.2, 0.25) is 0 Å². The van der Waals surface area contributed by atoms with E-state index in [-0.39, 0.29) is 0 Å². The van der Waals surface area contributed by atoms with Crippen LogP contribution in [0.4, 0.5) is 5.69 Å². The van der Waals surface area contributed by atoms with Crippen LogP contribution < -0.4 is 5.73 Å². The van der Waals surface area contributed by atoms with Gasteiger partial charge >= 0.3 is 0 Å². The van der Waals surface area contributed by atoms with Crippen molar-refractivity contribution in [2.75, 3.05) is 5.73 Å². The molecule has 0 amide bonds. The van der Waals surface area contributed by atoms with E-state index in [0.717, 1.165) is 11.3 Å². The maximum absolute atomic E-state index is 5.63.